The molecular weight excluding hydrogens is 278 g/mol. The van der Waals surface area contributed by atoms with E-state index >= 15 is 0 Å². The second-order valence-electron chi connectivity index (χ2n) is 7.47. The van der Waals surface area contributed by atoms with Crippen LogP contribution >= 0.6 is 0 Å². The molecule has 1 aromatic carbocycles. The lowest BCUT2D eigenvalue weighted by Gasteiger charge is -2.30. The highest BCUT2D eigenvalue weighted by molar-refractivity contribution is 5.22. The van der Waals surface area contributed by atoms with Crippen LogP contribution in [0.4, 0.5) is 8.78 Å². The molecule has 2 fully saturated rings. The van der Waals surface area contributed by atoms with E-state index in [1.807, 2.05) is 0 Å². The Balaban J connectivity index is 1.44. The van der Waals surface area contributed by atoms with Crippen molar-refractivity contribution < 1.29 is 8.78 Å². The SMILES string of the molecule is Fc1ccc(C2CCC(CCC3CCCCC3)CC2)cc1F. The van der Waals surface area contributed by atoms with E-state index in [1.54, 1.807) is 6.07 Å². The van der Waals surface area contributed by atoms with Crippen LogP contribution in [0.1, 0.15) is 82.1 Å². The molecule has 2 heteroatoms. The molecule has 0 unspecified atom stereocenters. The largest absolute Gasteiger partial charge is 0.204 e. The number of benzene rings is 1. The summed E-state index contributed by atoms with van der Waals surface area (Å²) in [6, 6.07) is 4.45. The summed E-state index contributed by atoms with van der Waals surface area (Å²) in [6.45, 7) is 0. The lowest BCUT2D eigenvalue weighted by molar-refractivity contribution is 0.261. The number of hydrogen-bond donors (Lipinski definition) is 0. The van der Waals surface area contributed by atoms with Gasteiger partial charge in [-0.3, -0.25) is 0 Å². The van der Waals surface area contributed by atoms with Crippen LogP contribution in [0.3, 0.4) is 0 Å². The van der Waals surface area contributed by atoms with Crippen molar-refractivity contribution in [2.75, 3.05) is 0 Å². The summed E-state index contributed by atoms with van der Waals surface area (Å²) in [5, 5.41) is 0. The van der Waals surface area contributed by atoms with E-state index in [-0.39, 0.29) is 0 Å². The van der Waals surface area contributed by atoms with Gasteiger partial charge >= 0.3 is 0 Å². The van der Waals surface area contributed by atoms with E-state index in [9.17, 15) is 8.78 Å². The van der Waals surface area contributed by atoms with Crippen molar-refractivity contribution in [1.29, 1.82) is 0 Å². The Hall–Kier alpha value is -0.920. The monoisotopic (exact) mass is 306 g/mol. The van der Waals surface area contributed by atoms with Gasteiger partial charge in [0, 0.05) is 0 Å². The first-order chi connectivity index (χ1) is 10.7. The van der Waals surface area contributed by atoms with Gasteiger partial charge in [-0.05, 0) is 61.1 Å². The molecule has 0 nitrogen and oxygen atoms in total. The minimum atomic E-state index is -0.732. The number of halogens is 2. The van der Waals surface area contributed by atoms with Gasteiger partial charge in [-0.2, -0.15) is 0 Å². The van der Waals surface area contributed by atoms with Crippen molar-refractivity contribution in [1.82, 2.24) is 0 Å². The first-order valence-corrected chi connectivity index (χ1v) is 9.17. The van der Waals surface area contributed by atoms with Gasteiger partial charge in [0.25, 0.3) is 0 Å². The molecule has 0 amide bonds. The fourth-order valence-corrected chi connectivity index (χ4v) is 4.50. The summed E-state index contributed by atoms with van der Waals surface area (Å²) in [6.07, 6.45) is 14.8. The predicted molar refractivity (Wildman–Crippen MR) is 86.9 cm³/mol. The minimum absolute atomic E-state index is 0.432. The summed E-state index contributed by atoms with van der Waals surface area (Å²) >= 11 is 0. The van der Waals surface area contributed by atoms with Crippen molar-refractivity contribution in [3.63, 3.8) is 0 Å². The normalized spacial score (nSPS) is 27.0. The minimum Gasteiger partial charge on any atom is -0.204 e. The zero-order chi connectivity index (χ0) is 15.4. The van der Waals surface area contributed by atoms with Crippen molar-refractivity contribution in [2.24, 2.45) is 11.8 Å². The summed E-state index contributed by atoms with van der Waals surface area (Å²) < 4.78 is 26.4. The van der Waals surface area contributed by atoms with Gasteiger partial charge in [-0.1, -0.05) is 51.0 Å². The van der Waals surface area contributed by atoms with E-state index in [4.69, 9.17) is 0 Å². The van der Waals surface area contributed by atoms with Crippen LogP contribution in [0, 0.1) is 23.5 Å². The Labute approximate surface area is 133 Å². The van der Waals surface area contributed by atoms with Gasteiger partial charge in [0.05, 0.1) is 0 Å². The van der Waals surface area contributed by atoms with Gasteiger partial charge in [-0.25, -0.2) is 8.78 Å². The van der Waals surface area contributed by atoms with Crippen LogP contribution < -0.4 is 0 Å². The van der Waals surface area contributed by atoms with E-state index in [0.29, 0.717) is 5.92 Å². The Morgan fingerprint density at radius 3 is 2.00 bits per heavy atom. The molecule has 22 heavy (non-hydrogen) atoms. The van der Waals surface area contributed by atoms with Crippen LogP contribution in [0.5, 0.6) is 0 Å². The Morgan fingerprint density at radius 2 is 1.36 bits per heavy atom. The molecule has 0 radical (unpaired) electrons. The van der Waals surface area contributed by atoms with Gasteiger partial charge < -0.3 is 0 Å². The van der Waals surface area contributed by atoms with E-state index in [2.05, 4.69) is 0 Å². The lowest BCUT2D eigenvalue weighted by Crippen LogP contribution is -2.15. The molecule has 1 aromatic rings. The Morgan fingerprint density at radius 1 is 0.727 bits per heavy atom. The third-order valence-corrected chi connectivity index (χ3v) is 5.97. The summed E-state index contributed by atoms with van der Waals surface area (Å²) in [4.78, 5) is 0. The molecule has 0 N–H and O–H groups in total. The van der Waals surface area contributed by atoms with Crippen LogP contribution in [0.15, 0.2) is 18.2 Å². The Bertz CT molecular complexity index is 469. The summed E-state index contributed by atoms with van der Waals surface area (Å²) in [5.74, 6) is 0.851. The average Bonchev–Trinajstić information content (AvgIpc) is 2.57. The zero-order valence-electron chi connectivity index (χ0n) is 13.5. The molecule has 0 bridgehead atoms. The summed E-state index contributed by atoms with van der Waals surface area (Å²) in [7, 11) is 0. The molecule has 122 valence electrons. The molecule has 0 spiro atoms. The molecule has 0 saturated heterocycles. The van der Waals surface area contributed by atoms with Gasteiger partial charge in [0.1, 0.15) is 0 Å². The topological polar surface area (TPSA) is 0 Å². The third-order valence-electron chi connectivity index (χ3n) is 5.97. The molecule has 0 atom stereocenters. The van der Waals surface area contributed by atoms with Crippen molar-refractivity contribution in [3.8, 4) is 0 Å². The van der Waals surface area contributed by atoms with Crippen LogP contribution in [0.25, 0.3) is 0 Å². The smallest absolute Gasteiger partial charge is 0.159 e. The van der Waals surface area contributed by atoms with Gasteiger partial charge in [0.2, 0.25) is 0 Å². The van der Waals surface area contributed by atoms with Crippen LogP contribution in [-0.2, 0) is 0 Å². The van der Waals surface area contributed by atoms with E-state index in [1.165, 1.54) is 69.9 Å². The predicted octanol–water partition coefficient (Wildman–Crippen LogP) is 6.60. The molecule has 2 aliphatic carbocycles. The standard InChI is InChI=1S/C20H28F2/c21-19-13-12-18(14-20(19)22)17-10-8-16(9-11-17)7-6-15-4-2-1-3-5-15/h12-17H,1-11H2. The molecular formula is C20H28F2. The molecule has 3 rings (SSSR count). The van der Waals surface area contributed by atoms with Crippen molar-refractivity contribution in [2.45, 2.75) is 76.5 Å². The molecule has 0 heterocycles. The second kappa shape index (κ2) is 7.57. The fourth-order valence-electron chi connectivity index (χ4n) is 4.50. The van der Waals surface area contributed by atoms with Crippen molar-refractivity contribution in [3.05, 3.63) is 35.4 Å². The first-order valence-electron chi connectivity index (χ1n) is 9.17. The average molecular weight is 306 g/mol. The number of hydrogen-bond acceptors (Lipinski definition) is 0. The highest BCUT2D eigenvalue weighted by atomic mass is 19.2. The second-order valence-corrected chi connectivity index (χ2v) is 7.47. The maximum atomic E-state index is 13.4. The van der Waals surface area contributed by atoms with Gasteiger partial charge in [0.15, 0.2) is 11.6 Å². The fraction of sp³-hybridized carbons (Fsp3) is 0.700. The maximum absolute atomic E-state index is 13.4. The van der Waals surface area contributed by atoms with Crippen LogP contribution in [-0.4, -0.2) is 0 Å². The summed E-state index contributed by atoms with van der Waals surface area (Å²) in [5.41, 5.74) is 0.990. The lowest BCUT2D eigenvalue weighted by atomic mass is 9.75. The molecule has 0 aliphatic heterocycles. The first kappa shape index (κ1) is 16.0. The third kappa shape index (κ3) is 4.08. The van der Waals surface area contributed by atoms with Crippen LogP contribution in [0.2, 0.25) is 0 Å². The molecule has 2 aliphatic rings. The highest BCUT2D eigenvalue weighted by Crippen LogP contribution is 2.39. The molecule has 2 saturated carbocycles. The highest BCUT2D eigenvalue weighted by Gasteiger charge is 2.24. The van der Waals surface area contributed by atoms with Gasteiger partial charge in [-0.15, -0.1) is 0 Å². The zero-order valence-corrected chi connectivity index (χ0v) is 13.5. The Kier molecular flexibility index (Phi) is 5.49. The van der Waals surface area contributed by atoms with E-state index < -0.39 is 11.6 Å². The maximum Gasteiger partial charge on any atom is 0.159 e. The number of rotatable bonds is 4. The quantitative estimate of drug-likeness (QED) is 0.588. The van der Waals surface area contributed by atoms with Crippen molar-refractivity contribution >= 4 is 0 Å². The molecule has 0 aromatic heterocycles. The van der Waals surface area contributed by atoms with E-state index in [0.717, 1.165) is 30.2 Å².